The topological polar surface area (TPSA) is 53.2 Å². The lowest BCUT2D eigenvalue weighted by Crippen LogP contribution is -2.42. The van der Waals surface area contributed by atoms with Crippen LogP contribution in [0.3, 0.4) is 0 Å². The fourth-order valence-corrected chi connectivity index (χ4v) is 1.05. The average Bonchev–Trinajstić information content (AvgIpc) is 2.20. The molecule has 0 radical (unpaired) electrons. The molecule has 0 fully saturated rings. The molecule has 0 spiro atoms. The van der Waals surface area contributed by atoms with Crippen LogP contribution in [-0.4, -0.2) is 11.0 Å². The van der Waals surface area contributed by atoms with E-state index < -0.39 is 11.6 Å². The summed E-state index contributed by atoms with van der Waals surface area (Å²) in [6.45, 7) is 1.28. The lowest BCUT2D eigenvalue weighted by molar-refractivity contribution is -0.119. The Morgan fingerprint density at radius 1 is 1.31 bits per heavy atom. The molecule has 1 amide bonds. The quantitative estimate of drug-likeness (QED) is 0.515. The first-order valence-corrected chi connectivity index (χ1v) is 4.68. The number of hydrogen-bond acceptors (Lipinski definition) is 2. The Labute approximate surface area is 96.0 Å². The van der Waals surface area contributed by atoms with Gasteiger partial charge in [-0.15, -0.1) is 0 Å². The van der Waals surface area contributed by atoms with Crippen molar-refractivity contribution >= 4 is 28.9 Å². The Kier molecular flexibility index (Phi) is 4.12. The summed E-state index contributed by atoms with van der Waals surface area (Å²) in [7, 11) is 0. The number of thiocarbonyl (C=S) groups is 1. The van der Waals surface area contributed by atoms with Crippen molar-refractivity contribution in [3.05, 3.63) is 29.8 Å². The van der Waals surface area contributed by atoms with Crippen molar-refractivity contribution in [1.82, 2.24) is 10.9 Å². The van der Waals surface area contributed by atoms with Crippen LogP contribution < -0.4 is 16.2 Å². The lowest BCUT2D eigenvalue weighted by atomic mass is 10.3. The molecule has 1 aromatic rings. The summed E-state index contributed by atoms with van der Waals surface area (Å²) < 4.78 is 25.9. The summed E-state index contributed by atoms with van der Waals surface area (Å²) in [6.07, 6.45) is 0. The van der Waals surface area contributed by atoms with Crippen LogP contribution in [0.25, 0.3) is 0 Å². The second kappa shape index (κ2) is 5.36. The van der Waals surface area contributed by atoms with Crippen LogP contribution in [0.5, 0.6) is 0 Å². The SMILES string of the molecule is CC(=O)NNC(=S)Nc1cc(F)ccc1F. The van der Waals surface area contributed by atoms with Gasteiger partial charge in [-0.05, 0) is 24.4 Å². The molecule has 1 aromatic carbocycles. The third kappa shape index (κ3) is 3.77. The van der Waals surface area contributed by atoms with E-state index in [1.54, 1.807) is 0 Å². The van der Waals surface area contributed by atoms with Gasteiger partial charge in [0.05, 0.1) is 5.69 Å². The number of hydrazine groups is 1. The van der Waals surface area contributed by atoms with Crippen LogP contribution >= 0.6 is 12.2 Å². The number of halogens is 2. The molecule has 0 aliphatic carbocycles. The van der Waals surface area contributed by atoms with Gasteiger partial charge in [0.2, 0.25) is 5.91 Å². The molecule has 0 unspecified atom stereocenters. The van der Waals surface area contributed by atoms with E-state index in [1.165, 1.54) is 6.92 Å². The Bertz CT molecular complexity index is 425. The van der Waals surface area contributed by atoms with E-state index in [-0.39, 0.29) is 16.7 Å². The molecule has 1 rings (SSSR count). The highest BCUT2D eigenvalue weighted by Crippen LogP contribution is 2.14. The molecule has 0 saturated heterocycles. The maximum atomic E-state index is 13.1. The summed E-state index contributed by atoms with van der Waals surface area (Å²) in [6, 6.07) is 2.92. The molecule has 0 bridgehead atoms. The standard InChI is InChI=1S/C9H9F2N3OS/c1-5(15)13-14-9(16)12-8-4-6(10)2-3-7(8)11/h2-4H,1H3,(H,13,15)(H2,12,14,16). The van der Waals surface area contributed by atoms with Crippen molar-refractivity contribution in [1.29, 1.82) is 0 Å². The molecule has 7 heteroatoms. The van der Waals surface area contributed by atoms with Crippen molar-refractivity contribution in [2.45, 2.75) is 6.92 Å². The number of amides is 1. The van der Waals surface area contributed by atoms with Gasteiger partial charge in [-0.3, -0.25) is 15.6 Å². The number of carbonyl (C=O) groups is 1. The van der Waals surface area contributed by atoms with Crippen molar-refractivity contribution in [3.8, 4) is 0 Å². The Morgan fingerprint density at radius 2 is 2.00 bits per heavy atom. The van der Waals surface area contributed by atoms with Crippen LogP contribution in [0, 0.1) is 11.6 Å². The molecule has 86 valence electrons. The van der Waals surface area contributed by atoms with Crippen molar-refractivity contribution in [2.75, 3.05) is 5.32 Å². The summed E-state index contributed by atoms with van der Waals surface area (Å²) in [5.74, 6) is -1.59. The molecule has 0 aliphatic heterocycles. The first-order chi connectivity index (χ1) is 7.49. The summed E-state index contributed by atoms with van der Waals surface area (Å²) in [4.78, 5) is 10.5. The van der Waals surface area contributed by atoms with Gasteiger partial charge in [0.15, 0.2) is 5.11 Å². The highest BCUT2D eigenvalue weighted by atomic mass is 32.1. The fraction of sp³-hybridized carbons (Fsp3) is 0.111. The largest absolute Gasteiger partial charge is 0.329 e. The van der Waals surface area contributed by atoms with E-state index in [0.717, 1.165) is 18.2 Å². The molecule has 16 heavy (non-hydrogen) atoms. The third-order valence-corrected chi connectivity index (χ3v) is 1.73. The second-order valence-corrected chi connectivity index (χ2v) is 3.29. The van der Waals surface area contributed by atoms with Gasteiger partial charge in [0.25, 0.3) is 0 Å². The Morgan fingerprint density at radius 3 is 2.62 bits per heavy atom. The number of benzene rings is 1. The van der Waals surface area contributed by atoms with Crippen LogP contribution in [-0.2, 0) is 4.79 Å². The molecule has 0 heterocycles. The maximum absolute atomic E-state index is 13.1. The first-order valence-electron chi connectivity index (χ1n) is 4.27. The summed E-state index contributed by atoms with van der Waals surface area (Å²) >= 11 is 4.73. The van der Waals surface area contributed by atoms with Gasteiger partial charge < -0.3 is 5.32 Å². The van der Waals surface area contributed by atoms with E-state index >= 15 is 0 Å². The number of rotatable bonds is 1. The van der Waals surface area contributed by atoms with E-state index in [4.69, 9.17) is 12.2 Å². The Balaban J connectivity index is 2.62. The summed E-state index contributed by atoms with van der Waals surface area (Å²) in [5.41, 5.74) is 4.39. The predicted octanol–water partition coefficient (Wildman–Crippen LogP) is 1.30. The predicted molar refractivity (Wildman–Crippen MR) is 59.5 cm³/mol. The maximum Gasteiger partial charge on any atom is 0.235 e. The molecular formula is C9H9F2N3OS. The van der Waals surface area contributed by atoms with Crippen LogP contribution in [0.4, 0.5) is 14.5 Å². The zero-order valence-corrected chi connectivity index (χ0v) is 9.12. The van der Waals surface area contributed by atoms with Crippen LogP contribution in [0.15, 0.2) is 18.2 Å². The van der Waals surface area contributed by atoms with E-state index in [9.17, 15) is 13.6 Å². The zero-order valence-electron chi connectivity index (χ0n) is 8.30. The van der Waals surface area contributed by atoms with Gasteiger partial charge in [-0.2, -0.15) is 0 Å². The first kappa shape index (κ1) is 12.3. The molecule has 0 aliphatic rings. The number of nitrogens with one attached hydrogen (secondary N) is 3. The highest BCUT2D eigenvalue weighted by molar-refractivity contribution is 7.80. The summed E-state index contributed by atoms with van der Waals surface area (Å²) in [5, 5.41) is 2.36. The molecule has 0 aromatic heterocycles. The number of hydrogen-bond donors (Lipinski definition) is 3. The monoisotopic (exact) mass is 245 g/mol. The van der Waals surface area contributed by atoms with Gasteiger partial charge >= 0.3 is 0 Å². The average molecular weight is 245 g/mol. The molecular weight excluding hydrogens is 236 g/mol. The van der Waals surface area contributed by atoms with Gasteiger partial charge in [-0.25, -0.2) is 8.78 Å². The zero-order chi connectivity index (χ0) is 12.1. The Hall–Kier alpha value is -1.76. The van der Waals surface area contributed by atoms with Crippen LogP contribution in [0.1, 0.15) is 6.92 Å². The van der Waals surface area contributed by atoms with Crippen LogP contribution in [0.2, 0.25) is 0 Å². The highest BCUT2D eigenvalue weighted by Gasteiger charge is 2.05. The minimum Gasteiger partial charge on any atom is -0.329 e. The van der Waals surface area contributed by atoms with Crippen molar-refractivity contribution in [2.24, 2.45) is 0 Å². The molecule has 0 saturated carbocycles. The van der Waals surface area contributed by atoms with Gasteiger partial charge in [0, 0.05) is 13.0 Å². The second-order valence-electron chi connectivity index (χ2n) is 2.88. The third-order valence-electron chi connectivity index (χ3n) is 1.53. The van der Waals surface area contributed by atoms with E-state index in [2.05, 4.69) is 16.2 Å². The number of anilines is 1. The fourth-order valence-electron chi connectivity index (χ4n) is 0.892. The van der Waals surface area contributed by atoms with E-state index in [1.807, 2.05) is 0 Å². The number of carbonyl (C=O) groups excluding carboxylic acids is 1. The lowest BCUT2D eigenvalue weighted by Gasteiger charge is -2.10. The van der Waals surface area contributed by atoms with Crippen molar-refractivity contribution < 1.29 is 13.6 Å². The van der Waals surface area contributed by atoms with E-state index in [0.29, 0.717) is 0 Å². The van der Waals surface area contributed by atoms with Crippen molar-refractivity contribution in [3.63, 3.8) is 0 Å². The molecule has 0 atom stereocenters. The smallest absolute Gasteiger partial charge is 0.235 e. The minimum atomic E-state index is -0.645. The molecule has 4 nitrogen and oxygen atoms in total. The minimum absolute atomic E-state index is 0.0419. The van der Waals surface area contributed by atoms with Gasteiger partial charge in [-0.1, -0.05) is 0 Å². The van der Waals surface area contributed by atoms with Gasteiger partial charge in [0.1, 0.15) is 11.6 Å². The normalized spacial score (nSPS) is 9.44. The molecule has 3 N–H and O–H groups in total.